The summed E-state index contributed by atoms with van der Waals surface area (Å²) in [6.45, 7) is 8.54. The van der Waals surface area contributed by atoms with Crippen molar-refractivity contribution in [1.29, 1.82) is 0 Å². The fourth-order valence-corrected chi connectivity index (χ4v) is 1.84. The van der Waals surface area contributed by atoms with Crippen molar-refractivity contribution < 1.29 is 5.11 Å². The summed E-state index contributed by atoms with van der Waals surface area (Å²) >= 11 is 0. The zero-order valence-corrected chi connectivity index (χ0v) is 12.6. The van der Waals surface area contributed by atoms with Crippen LogP contribution in [-0.4, -0.2) is 11.7 Å². The van der Waals surface area contributed by atoms with Crippen LogP contribution < -0.4 is 0 Å². The van der Waals surface area contributed by atoms with Crippen molar-refractivity contribution in [2.24, 2.45) is 0 Å². The lowest BCUT2D eigenvalue weighted by molar-refractivity contribution is 0.290. The summed E-state index contributed by atoms with van der Waals surface area (Å²) in [5.41, 5.74) is 4.74. The first-order chi connectivity index (χ1) is 9.71. The molecule has 1 heteroatoms. The van der Waals surface area contributed by atoms with Crippen LogP contribution in [0.2, 0.25) is 0 Å². The Morgan fingerprint density at radius 1 is 1.20 bits per heavy atom. The van der Waals surface area contributed by atoms with E-state index in [2.05, 4.69) is 62.6 Å². The predicted molar refractivity (Wildman–Crippen MR) is 87.3 cm³/mol. The molecule has 1 aromatic carbocycles. The van der Waals surface area contributed by atoms with E-state index in [1.54, 1.807) is 0 Å². The average molecular weight is 268 g/mol. The third-order valence-corrected chi connectivity index (χ3v) is 3.16. The molecule has 0 radical (unpaired) electrons. The van der Waals surface area contributed by atoms with Gasteiger partial charge in [0.2, 0.25) is 0 Å². The summed E-state index contributed by atoms with van der Waals surface area (Å²) in [5.74, 6) is 6.19. The Bertz CT molecular complexity index is 509. The van der Waals surface area contributed by atoms with E-state index in [0.717, 1.165) is 36.8 Å². The first kappa shape index (κ1) is 16.3. The number of aliphatic hydroxyl groups is 1. The van der Waals surface area contributed by atoms with E-state index in [0.29, 0.717) is 0 Å². The van der Waals surface area contributed by atoms with Gasteiger partial charge in [-0.3, -0.25) is 0 Å². The van der Waals surface area contributed by atoms with Gasteiger partial charge in [0.25, 0.3) is 0 Å². The molecular formula is C19H24O. The monoisotopic (exact) mass is 268 g/mol. The van der Waals surface area contributed by atoms with E-state index in [1.165, 1.54) is 11.1 Å². The maximum absolute atomic E-state index is 8.70. The van der Waals surface area contributed by atoms with Crippen LogP contribution in [0.1, 0.15) is 50.7 Å². The molecule has 106 valence electrons. The van der Waals surface area contributed by atoms with Crippen LogP contribution in [0.25, 0.3) is 5.57 Å². The molecular weight excluding hydrogens is 244 g/mol. The van der Waals surface area contributed by atoms with Crippen LogP contribution in [-0.2, 0) is 0 Å². The molecule has 1 N–H and O–H groups in total. The van der Waals surface area contributed by atoms with Crippen molar-refractivity contribution in [3.63, 3.8) is 0 Å². The van der Waals surface area contributed by atoms with Gasteiger partial charge in [0, 0.05) is 18.6 Å². The van der Waals surface area contributed by atoms with Gasteiger partial charge in [-0.05, 0) is 42.5 Å². The Morgan fingerprint density at radius 3 is 2.45 bits per heavy atom. The van der Waals surface area contributed by atoms with Gasteiger partial charge in [-0.25, -0.2) is 0 Å². The number of hydrogen-bond acceptors (Lipinski definition) is 1. The van der Waals surface area contributed by atoms with Gasteiger partial charge in [-0.2, -0.15) is 0 Å². The van der Waals surface area contributed by atoms with E-state index in [-0.39, 0.29) is 6.61 Å². The number of benzene rings is 1. The minimum absolute atomic E-state index is 0.208. The zero-order chi connectivity index (χ0) is 14.8. The van der Waals surface area contributed by atoms with Gasteiger partial charge in [0.05, 0.1) is 0 Å². The molecule has 0 aliphatic rings. The summed E-state index contributed by atoms with van der Waals surface area (Å²) in [7, 11) is 0. The highest BCUT2D eigenvalue weighted by Crippen LogP contribution is 2.20. The summed E-state index contributed by atoms with van der Waals surface area (Å²) in [6.07, 6.45) is 5.65. The maximum Gasteiger partial charge on any atom is 0.0440 e. The van der Waals surface area contributed by atoms with Gasteiger partial charge >= 0.3 is 0 Å². The van der Waals surface area contributed by atoms with E-state index in [1.807, 2.05) is 0 Å². The summed E-state index contributed by atoms with van der Waals surface area (Å²) in [6, 6.07) is 8.35. The molecule has 0 unspecified atom stereocenters. The van der Waals surface area contributed by atoms with Gasteiger partial charge in [0.1, 0.15) is 0 Å². The first-order valence-electron chi connectivity index (χ1n) is 7.29. The molecule has 0 aliphatic heterocycles. The third-order valence-electron chi connectivity index (χ3n) is 3.16. The molecule has 0 aromatic heterocycles. The zero-order valence-electron chi connectivity index (χ0n) is 12.6. The van der Waals surface area contributed by atoms with Crippen molar-refractivity contribution in [3.8, 4) is 11.8 Å². The SMILES string of the molecule is C=C(/C=C(\CC)c1ccc(C#CCCCO)cc1)CC. The van der Waals surface area contributed by atoms with Crippen LogP contribution in [0.4, 0.5) is 0 Å². The van der Waals surface area contributed by atoms with Crippen molar-refractivity contribution in [2.45, 2.75) is 39.5 Å². The van der Waals surface area contributed by atoms with Crippen molar-refractivity contribution in [3.05, 3.63) is 53.6 Å². The van der Waals surface area contributed by atoms with Crippen molar-refractivity contribution in [1.82, 2.24) is 0 Å². The van der Waals surface area contributed by atoms with Crippen LogP contribution >= 0.6 is 0 Å². The molecule has 0 saturated heterocycles. The van der Waals surface area contributed by atoms with E-state index in [9.17, 15) is 0 Å². The molecule has 20 heavy (non-hydrogen) atoms. The Morgan fingerprint density at radius 2 is 1.90 bits per heavy atom. The van der Waals surface area contributed by atoms with Gasteiger partial charge in [0.15, 0.2) is 0 Å². The Kier molecular flexibility index (Phi) is 7.47. The highest BCUT2D eigenvalue weighted by Gasteiger charge is 1.99. The lowest BCUT2D eigenvalue weighted by atomic mass is 9.99. The molecule has 0 bridgehead atoms. The van der Waals surface area contributed by atoms with Crippen LogP contribution in [0.5, 0.6) is 0 Å². The second-order valence-corrected chi connectivity index (χ2v) is 4.74. The number of hydrogen-bond donors (Lipinski definition) is 1. The minimum atomic E-state index is 0.208. The Balaban J connectivity index is 2.81. The number of aliphatic hydroxyl groups excluding tert-OH is 1. The standard InChI is InChI=1S/C19H24O/c1-4-16(3)15-18(5-2)19-12-10-17(11-13-19)9-7-6-8-14-20/h10-13,15,20H,3-6,8,14H2,1-2H3/b18-15+. The van der Waals surface area contributed by atoms with Crippen molar-refractivity contribution in [2.75, 3.05) is 6.61 Å². The Hall–Kier alpha value is -1.78. The Labute approximate surface area is 123 Å². The van der Waals surface area contributed by atoms with Crippen LogP contribution in [0.15, 0.2) is 42.5 Å². The summed E-state index contributed by atoms with van der Waals surface area (Å²) < 4.78 is 0. The van der Waals surface area contributed by atoms with E-state index in [4.69, 9.17) is 5.11 Å². The highest BCUT2D eigenvalue weighted by molar-refractivity contribution is 5.68. The molecule has 0 heterocycles. The smallest absolute Gasteiger partial charge is 0.0440 e. The van der Waals surface area contributed by atoms with E-state index < -0.39 is 0 Å². The lowest BCUT2D eigenvalue weighted by Crippen LogP contribution is -1.85. The number of unbranched alkanes of at least 4 members (excludes halogenated alkanes) is 1. The molecule has 0 fully saturated rings. The van der Waals surface area contributed by atoms with Crippen LogP contribution in [0.3, 0.4) is 0 Å². The highest BCUT2D eigenvalue weighted by atomic mass is 16.2. The summed E-state index contributed by atoms with van der Waals surface area (Å²) in [4.78, 5) is 0. The lowest BCUT2D eigenvalue weighted by Gasteiger charge is -2.06. The first-order valence-corrected chi connectivity index (χ1v) is 7.29. The second-order valence-electron chi connectivity index (χ2n) is 4.74. The molecule has 0 amide bonds. The molecule has 1 aromatic rings. The molecule has 0 saturated carbocycles. The van der Waals surface area contributed by atoms with Gasteiger partial charge < -0.3 is 5.11 Å². The number of allylic oxidation sites excluding steroid dienone is 3. The normalized spacial score (nSPS) is 10.8. The van der Waals surface area contributed by atoms with E-state index >= 15 is 0 Å². The maximum atomic E-state index is 8.70. The molecule has 0 atom stereocenters. The average Bonchev–Trinajstić information content (AvgIpc) is 2.49. The minimum Gasteiger partial charge on any atom is -0.396 e. The third kappa shape index (κ3) is 5.47. The molecule has 1 rings (SSSR count). The molecule has 1 nitrogen and oxygen atoms in total. The topological polar surface area (TPSA) is 20.2 Å². The van der Waals surface area contributed by atoms with Crippen LogP contribution in [0, 0.1) is 11.8 Å². The largest absolute Gasteiger partial charge is 0.396 e. The van der Waals surface area contributed by atoms with Gasteiger partial charge in [-0.15, -0.1) is 0 Å². The quantitative estimate of drug-likeness (QED) is 0.455. The van der Waals surface area contributed by atoms with Crippen molar-refractivity contribution >= 4 is 5.57 Å². The summed E-state index contributed by atoms with van der Waals surface area (Å²) in [5, 5.41) is 8.70. The van der Waals surface area contributed by atoms with Gasteiger partial charge in [-0.1, -0.05) is 56.0 Å². The predicted octanol–water partition coefficient (Wildman–Crippen LogP) is 4.57. The fourth-order valence-electron chi connectivity index (χ4n) is 1.84. The molecule has 0 aliphatic carbocycles. The molecule has 0 spiro atoms. The fraction of sp³-hybridized carbons (Fsp3) is 0.368. The number of rotatable bonds is 6. The second kappa shape index (κ2) is 9.18.